The highest BCUT2D eigenvalue weighted by Crippen LogP contribution is 2.48. The van der Waals surface area contributed by atoms with Gasteiger partial charge < -0.3 is 14.6 Å². The molecular formula is C25H23F3N2O3. The number of ether oxygens (including phenoxy) is 1. The van der Waals surface area contributed by atoms with Crippen LogP contribution in [0.2, 0.25) is 0 Å². The van der Waals surface area contributed by atoms with Crippen LogP contribution in [-0.2, 0) is 11.3 Å². The molecule has 8 heteroatoms. The van der Waals surface area contributed by atoms with Crippen LogP contribution in [0, 0.1) is 17.8 Å². The molecule has 5 rings (SSSR count). The van der Waals surface area contributed by atoms with Crippen molar-refractivity contribution in [3.8, 4) is 5.75 Å². The van der Waals surface area contributed by atoms with Crippen LogP contribution in [0.1, 0.15) is 31.2 Å². The molecule has 2 aromatic carbocycles. The van der Waals surface area contributed by atoms with Crippen LogP contribution in [0.3, 0.4) is 0 Å². The molecule has 5 nitrogen and oxygen atoms in total. The summed E-state index contributed by atoms with van der Waals surface area (Å²) in [6.07, 6.45) is 1.31. The zero-order chi connectivity index (χ0) is 23.2. The van der Waals surface area contributed by atoms with Crippen molar-refractivity contribution >= 4 is 22.4 Å². The number of rotatable bonds is 5. The third-order valence-electron chi connectivity index (χ3n) is 6.86. The van der Waals surface area contributed by atoms with E-state index in [0.717, 1.165) is 19.3 Å². The monoisotopic (exact) mass is 456 g/mol. The van der Waals surface area contributed by atoms with Crippen LogP contribution in [0.5, 0.6) is 5.75 Å². The molecule has 33 heavy (non-hydrogen) atoms. The number of alkyl halides is 3. The SMILES string of the molecule is O=C(Nc1cccc2c(=O)n(Cc3ccc(OC(F)(F)F)cc3)ccc12)C1C[C@@H]2CC[C@H]1C2. The molecule has 1 N–H and O–H groups in total. The fraction of sp³-hybridized carbons (Fsp3) is 0.360. The molecule has 172 valence electrons. The second-order valence-electron chi connectivity index (χ2n) is 8.98. The van der Waals surface area contributed by atoms with Crippen LogP contribution >= 0.6 is 0 Å². The first-order valence-electron chi connectivity index (χ1n) is 11.0. The summed E-state index contributed by atoms with van der Waals surface area (Å²) >= 11 is 0. The van der Waals surface area contributed by atoms with E-state index in [1.54, 1.807) is 30.5 Å². The van der Waals surface area contributed by atoms with Gasteiger partial charge in [0.05, 0.1) is 6.54 Å². The Morgan fingerprint density at radius 2 is 1.82 bits per heavy atom. The Kier molecular flexibility index (Phi) is 5.38. The molecule has 1 heterocycles. The lowest BCUT2D eigenvalue weighted by Gasteiger charge is -2.21. The van der Waals surface area contributed by atoms with Crippen molar-refractivity contribution in [2.45, 2.75) is 38.6 Å². The Bertz CT molecular complexity index is 1250. The van der Waals surface area contributed by atoms with Crippen LogP contribution < -0.4 is 15.6 Å². The van der Waals surface area contributed by atoms with Gasteiger partial charge in [0.25, 0.3) is 5.56 Å². The van der Waals surface area contributed by atoms with E-state index in [2.05, 4.69) is 10.1 Å². The van der Waals surface area contributed by atoms with E-state index in [4.69, 9.17) is 0 Å². The lowest BCUT2D eigenvalue weighted by atomic mass is 9.88. The number of hydrogen-bond acceptors (Lipinski definition) is 3. The smallest absolute Gasteiger partial charge is 0.406 e. The molecule has 0 saturated heterocycles. The van der Waals surface area contributed by atoms with E-state index in [-0.39, 0.29) is 29.7 Å². The number of halogens is 3. The van der Waals surface area contributed by atoms with Crippen molar-refractivity contribution in [2.75, 3.05) is 5.32 Å². The first kappa shape index (κ1) is 21.6. The van der Waals surface area contributed by atoms with Crippen molar-refractivity contribution in [1.82, 2.24) is 4.57 Å². The quantitative estimate of drug-likeness (QED) is 0.565. The number of carbonyl (C=O) groups is 1. The van der Waals surface area contributed by atoms with Gasteiger partial charge in [-0.15, -0.1) is 13.2 Å². The molecule has 1 amide bonds. The molecule has 3 aromatic rings. The van der Waals surface area contributed by atoms with E-state index >= 15 is 0 Å². The normalized spacial score (nSPS) is 22.0. The first-order chi connectivity index (χ1) is 15.8. The Labute approximate surface area is 188 Å². The Morgan fingerprint density at radius 3 is 2.48 bits per heavy atom. The summed E-state index contributed by atoms with van der Waals surface area (Å²) in [5.41, 5.74) is 1.05. The fourth-order valence-corrected chi connectivity index (χ4v) is 5.34. The highest BCUT2D eigenvalue weighted by atomic mass is 19.4. The standard InChI is InChI=1S/C25H23F3N2O3/c26-25(27,28)33-18-8-5-15(6-9-18)14-30-11-10-19-20(24(30)32)2-1-3-22(19)29-23(31)21-13-16-4-7-17(21)12-16/h1-3,5-6,8-11,16-17,21H,4,7,12-14H2,(H,29,31)/t16-,17+,21?/m1/s1. The molecule has 0 spiro atoms. The zero-order valence-electron chi connectivity index (χ0n) is 17.8. The number of anilines is 1. The van der Waals surface area contributed by atoms with Crippen molar-refractivity contribution in [1.29, 1.82) is 0 Å². The number of fused-ring (bicyclic) bond motifs is 3. The predicted molar refractivity (Wildman–Crippen MR) is 118 cm³/mol. The summed E-state index contributed by atoms with van der Waals surface area (Å²) < 4.78 is 42.4. The summed E-state index contributed by atoms with van der Waals surface area (Å²) in [7, 11) is 0. The lowest BCUT2D eigenvalue weighted by Crippen LogP contribution is -2.27. The maximum absolute atomic E-state index is 13.1. The maximum Gasteiger partial charge on any atom is 0.573 e. The maximum atomic E-state index is 13.1. The Morgan fingerprint density at radius 1 is 1.03 bits per heavy atom. The van der Waals surface area contributed by atoms with Gasteiger partial charge in [0.1, 0.15) is 5.75 Å². The summed E-state index contributed by atoms with van der Waals surface area (Å²) in [4.78, 5) is 25.9. The lowest BCUT2D eigenvalue weighted by molar-refractivity contribution is -0.274. The van der Waals surface area contributed by atoms with Gasteiger partial charge in [-0.25, -0.2) is 0 Å². The third kappa shape index (κ3) is 4.47. The average Bonchev–Trinajstić information content (AvgIpc) is 3.40. The Hall–Kier alpha value is -3.29. The number of hydrogen-bond donors (Lipinski definition) is 1. The van der Waals surface area contributed by atoms with E-state index in [9.17, 15) is 22.8 Å². The van der Waals surface area contributed by atoms with Gasteiger partial charge in [-0.3, -0.25) is 9.59 Å². The predicted octanol–water partition coefficient (Wildman–Crippen LogP) is 5.32. The Balaban J connectivity index is 1.35. The number of carbonyl (C=O) groups excluding carboxylic acids is 1. The van der Waals surface area contributed by atoms with Gasteiger partial charge in [-0.2, -0.15) is 0 Å². The molecule has 1 aromatic heterocycles. The molecule has 2 saturated carbocycles. The van der Waals surface area contributed by atoms with Gasteiger partial charge in [-0.05, 0) is 67.0 Å². The summed E-state index contributed by atoms with van der Waals surface area (Å²) in [5.74, 6) is 0.895. The first-order valence-corrected chi connectivity index (χ1v) is 11.0. The number of nitrogens with one attached hydrogen (secondary N) is 1. The third-order valence-corrected chi connectivity index (χ3v) is 6.86. The highest BCUT2D eigenvalue weighted by molar-refractivity contribution is 6.02. The van der Waals surface area contributed by atoms with Crippen molar-refractivity contribution in [3.63, 3.8) is 0 Å². The number of pyridine rings is 1. The van der Waals surface area contributed by atoms with E-state index in [1.807, 2.05) is 0 Å². The van der Waals surface area contributed by atoms with E-state index < -0.39 is 6.36 Å². The van der Waals surface area contributed by atoms with E-state index in [1.165, 1.54) is 35.3 Å². The van der Waals surface area contributed by atoms with Crippen LogP contribution in [0.15, 0.2) is 59.5 Å². The molecule has 2 aliphatic rings. The minimum Gasteiger partial charge on any atom is -0.406 e. The number of benzene rings is 2. The minimum absolute atomic E-state index is 0.0278. The number of aromatic nitrogens is 1. The molecule has 0 radical (unpaired) electrons. The second-order valence-corrected chi connectivity index (χ2v) is 8.98. The van der Waals surface area contributed by atoms with Crippen LogP contribution in [-0.4, -0.2) is 16.8 Å². The van der Waals surface area contributed by atoms with Crippen molar-refractivity contribution in [2.24, 2.45) is 17.8 Å². The van der Waals surface area contributed by atoms with Gasteiger partial charge in [-0.1, -0.05) is 24.6 Å². The van der Waals surface area contributed by atoms with Gasteiger partial charge in [0.2, 0.25) is 5.91 Å². The molecular weight excluding hydrogens is 433 g/mol. The summed E-state index contributed by atoms with van der Waals surface area (Å²) in [6, 6.07) is 12.5. The molecule has 3 atom stereocenters. The minimum atomic E-state index is -4.75. The van der Waals surface area contributed by atoms with Crippen molar-refractivity contribution in [3.05, 3.63) is 70.6 Å². The largest absolute Gasteiger partial charge is 0.573 e. The highest BCUT2D eigenvalue weighted by Gasteiger charge is 2.43. The molecule has 2 fully saturated rings. The van der Waals surface area contributed by atoms with Gasteiger partial charge >= 0.3 is 6.36 Å². The second kappa shape index (κ2) is 8.24. The summed E-state index contributed by atoms with van der Waals surface area (Å²) in [5, 5.41) is 4.18. The average molecular weight is 456 g/mol. The molecule has 0 aliphatic heterocycles. The zero-order valence-corrected chi connectivity index (χ0v) is 17.8. The van der Waals surface area contributed by atoms with Gasteiger partial charge in [0, 0.05) is 28.6 Å². The molecule has 2 aliphatic carbocycles. The topological polar surface area (TPSA) is 60.3 Å². The van der Waals surface area contributed by atoms with Crippen LogP contribution in [0.4, 0.5) is 18.9 Å². The molecule has 2 bridgehead atoms. The van der Waals surface area contributed by atoms with Crippen molar-refractivity contribution < 1.29 is 22.7 Å². The fourth-order valence-electron chi connectivity index (χ4n) is 5.34. The molecule has 1 unspecified atom stereocenters. The number of amides is 1. The van der Waals surface area contributed by atoms with Gasteiger partial charge in [0.15, 0.2) is 0 Å². The van der Waals surface area contributed by atoms with Crippen LogP contribution in [0.25, 0.3) is 10.8 Å². The number of nitrogens with zero attached hydrogens (tertiary/aromatic N) is 1. The van der Waals surface area contributed by atoms with E-state index in [0.29, 0.717) is 33.9 Å². The summed E-state index contributed by atoms with van der Waals surface area (Å²) in [6.45, 7) is 0.197.